The van der Waals surface area contributed by atoms with E-state index in [1.807, 2.05) is 0 Å². The molecule has 70 valence electrons. The molecule has 0 radical (unpaired) electrons. The highest BCUT2D eigenvalue weighted by atomic mass is 16.1. The van der Waals surface area contributed by atoms with Gasteiger partial charge in [-0.25, -0.2) is 0 Å². The van der Waals surface area contributed by atoms with Gasteiger partial charge in [0.05, 0.1) is 6.54 Å². The number of unbranched alkanes of at least 4 members (excludes halogenated alkanes) is 1. The van der Waals surface area contributed by atoms with Crippen molar-refractivity contribution in [2.24, 2.45) is 5.92 Å². The van der Waals surface area contributed by atoms with Crippen LogP contribution >= 0.6 is 0 Å². The van der Waals surface area contributed by atoms with Gasteiger partial charge in [-0.3, -0.25) is 9.69 Å². The van der Waals surface area contributed by atoms with Gasteiger partial charge in [-0.2, -0.15) is 0 Å². The predicted octanol–water partition coefficient (Wildman–Crippen LogP) is 1.70. The molecule has 0 bridgehead atoms. The summed E-state index contributed by atoms with van der Waals surface area (Å²) >= 11 is 0. The van der Waals surface area contributed by atoms with Crippen molar-refractivity contribution >= 4 is 5.78 Å². The molecule has 0 aromatic rings. The Hall–Kier alpha value is -0.370. The van der Waals surface area contributed by atoms with Crippen LogP contribution in [0.2, 0.25) is 0 Å². The third-order valence-corrected chi connectivity index (χ3v) is 2.44. The third-order valence-electron chi connectivity index (χ3n) is 2.44. The Labute approximate surface area is 74.9 Å². The topological polar surface area (TPSA) is 20.3 Å². The molecule has 0 aromatic carbocycles. The fraction of sp³-hybridized carbons (Fsp3) is 0.900. The van der Waals surface area contributed by atoms with Crippen LogP contribution in [0.25, 0.3) is 0 Å². The summed E-state index contributed by atoms with van der Waals surface area (Å²) in [5.41, 5.74) is 0. The molecule has 1 aliphatic rings. The summed E-state index contributed by atoms with van der Waals surface area (Å²) in [6.45, 7) is 6.87. The van der Waals surface area contributed by atoms with Crippen molar-refractivity contribution < 1.29 is 4.79 Å². The standard InChI is InChI=1S/C10H19NO/c1-3-4-5-10-7-11(8-10)6-9(2)12/h10H,3-8H2,1-2H3. The van der Waals surface area contributed by atoms with Crippen molar-refractivity contribution in [3.05, 3.63) is 0 Å². The predicted molar refractivity (Wildman–Crippen MR) is 50.1 cm³/mol. The molecule has 1 fully saturated rings. The molecule has 0 atom stereocenters. The number of hydrogen-bond donors (Lipinski definition) is 0. The van der Waals surface area contributed by atoms with Crippen LogP contribution in [0.15, 0.2) is 0 Å². The van der Waals surface area contributed by atoms with Gasteiger partial charge in [-0.05, 0) is 19.3 Å². The molecule has 1 rings (SSSR count). The second-order valence-corrected chi connectivity index (χ2v) is 3.90. The van der Waals surface area contributed by atoms with Crippen molar-refractivity contribution in [2.45, 2.75) is 33.1 Å². The van der Waals surface area contributed by atoms with Crippen LogP contribution in [0.1, 0.15) is 33.1 Å². The number of hydrogen-bond acceptors (Lipinski definition) is 2. The zero-order chi connectivity index (χ0) is 8.97. The first-order chi connectivity index (χ1) is 5.72. The SMILES string of the molecule is CCCCC1CN(CC(C)=O)C1. The summed E-state index contributed by atoms with van der Waals surface area (Å²) in [4.78, 5) is 13.0. The molecule has 1 saturated heterocycles. The molecule has 0 N–H and O–H groups in total. The van der Waals surface area contributed by atoms with Crippen molar-refractivity contribution in [3.8, 4) is 0 Å². The van der Waals surface area contributed by atoms with E-state index in [4.69, 9.17) is 0 Å². The zero-order valence-corrected chi connectivity index (χ0v) is 8.18. The fourth-order valence-electron chi connectivity index (χ4n) is 1.80. The molecule has 0 spiro atoms. The van der Waals surface area contributed by atoms with Crippen molar-refractivity contribution in [2.75, 3.05) is 19.6 Å². The van der Waals surface area contributed by atoms with Crippen LogP contribution in [-0.2, 0) is 4.79 Å². The Kier molecular flexibility index (Phi) is 3.73. The van der Waals surface area contributed by atoms with Gasteiger partial charge in [0.25, 0.3) is 0 Å². The lowest BCUT2D eigenvalue weighted by Gasteiger charge is -2.38. The van der Waals surface area contributed by atoms with Gasteiger partial charge in [-0.15, -0.1) is 0 Å². The van der Waals surface area contributed by atoms with Gasteiger partial charge in [0, 0.05) is 13.1 Å². The van der Waals surface area contributed by atoms with Crippen molar-refractivity contribution in [1.29, 1.82) is 0 Å². The highest BCUT2D eigenvalue weighted by molar-refractivity contribution is 5.77. The molecule has 0 amide bonds. The molecular weight excluding hydrogens is 150 g/mol. The largest absolute Gasteiger partial charge is 0.299 e. The molecule has 2 nitrogen and oxygen atoms in total. The highest BCUT2D eigenvalue weighted by Crippen LogP contribution is 2.20. The minimum Gasteiger partial charge on any atom is -0.299 e. The van der Waals surface area contributed by atoms with E-state index in [1.165, 1.54) is 19.3 Å². The number of ketones is 1. The summed E-state index contributed by atoms with van der Waals surface area (Å²) in [7, 11) is 0. The first-order valence-electron chi connectivity index (χ1n) is 4.94. The van der Waals surface area contributed by atoms with Gasteiger partial charge < -0.3 is 0 Å². The van der Waals surface area contributed by atoms with Crippen molar-refractivity contribution in [1.82, 2.24) is 4.90 Å². The van der Waals surface area contributed by atoms with Crippen LogP contribution in [0.4, 0.5) is 0 Å². The average molecular weight is 169 g/mol. The number of Topliss-reactive ketones (excluding diaryl/α,β-unsaturated/α-hetero) is 1. The molecule has 12 heavy (non-hydrogen) atoms. The lowest BCUT2D eigenvalue weighted by atomic mass is 9.94. The van der Waals surface area contributed by atoms with E-state index in [2.05, 4.69) is 11.8 Å². The first-order valence-corrected chi connectivity index (χ1v) is 4.94. The molecule has 0 saturated carbocycles. The molecule has 1 heterocycles. The van der Waals surface area contributed by atoms with Gasteiger partial charge in [-0.1, -0.05) is 19.8 Å². The fourth-order valence-corrected chi connectivity index (χ4v) is 1.80. The Bertz CT molecular complexity index is 150. The van der Waals surface area contributed by atoms with Gasteiger partial charge in [0.15, 0.2) is 0 Å². The number of likely N-dealkylation sites (tertiary alicyclic amines) is 1. The van der Waals surface area contributed by atoms with E-state index in [0.717, 1.165) is 19.0 Å². The van der Waals surface area contributed by atoms with Crippen molar-refractivity contribution in [3.63, 3.8) is 0 Å². The summed E-state index contributed by atoms with van der Waals surface area (Å²) in [5, 5.41) is 0. The number of nitrogens with zero attached hydrogens (tertiary/aromatic N) is 1. The van der Waals surface area contributed by atoms with E-state index in [1.54, 1.807) is 6.92 Å². The number of rotatable bonds is 5. The number of carbonyl (C=O) groups excluding carboxylic acids is 1. The maximum absolute atomic E-state index is 10.7. The third kappa shape index (κ3) is 2.94. The molecule has 0 aromatic heterocycles. The minimum absolute atomic E-state index is 0.295. The molecule has 0 aliphatic carbocycles. The molecule has 1 aliphatic heterocycles. The second-order valence-electron chi connectivity index (χ2n) is 3.90. The lowest BCUT2D eigenvalue weighted by Crippen LogP contribution is -2.48. The Morgan fingerprint density at radius 1 is 1.50 bits per heavy atom. The Balaban J connectivity index is 2.00. The minimum atomic E-state index is 0.295. The maximum atomic E-state index is 10.7. The van der Waals surface area contributed by atoms with Gasteiger partial charge in [0.1, 0.15) is 5.78 Å². The van der Waals surface area contributed by atoms with Crippen LogP contribution in [0, 0.1) is 5.92 Å². The van der Waals surface area contributed by atoms with E-state index in [-0.39, 0.29) is 0 Å². The van der Waals surface area contributed by atoms with Crippen LogP contribution < -0.4 is 0 Å². The molecular formula is C10H19NO. The summed E-state index contributed by atoms with van der Waals surface area (Å²) in [6.07, 6.45) is 3.99. The average Bonchev–Trinajstić information content (AvgIpc) is 1.93. The summed E-state index contributed by atoms with van der Waals surface area (Å²) in [5.74, 6) is 1.17. The Morgan fingerprint density at radius 2 is 2.17 bits per heavy atom. The molecule has 0 unspecified atom stereocenters. The maximum Gasteiger partial charge on any atom is 0.143 e. The zero-order valence-electron chi connectivity index (χ0n) is 8.18. The summed E-state index contributed by atoms with van der Waals surface area (Å²) < 4.78 is 0. The van der Waals surface area contributed by atoms with Crippen LogP contribution in [0.5, 0.6) is 0 Å². The highest BCUT2D eigenvalue weighted by Gasteiger charge is 2.25. The Morgan fingerprint density at radius 3 is 2.67 bits per heavy atom. The monoisotopic (exact) mass is 169 g/mol. The normalized spacial score (nSPS) is 19.2. The quantitative estimate of drug-likeness (QED) is 0.624. The van der Waals surface area contributed by atoms with Gasteiger partial charge in [0.2, 0.25) is 0 Å². The van der Waals surface area contributed by atoms with Crippen LogP contribution in [-0.4, -0.2) is 30.3 Å². The molecule has 2 heteroatoms. The lowest BCUT2D eigenvalue weighted by molar-refractivity contribution is -0.119. The van der Waals surface area contributed by atoms with E-state index in [0.29, 0.717) is 12.3 Å². The van der Waals surface area contributed by atoms with E-state index in [9.17, 15) is 4.79 Å². The van der Waals surface area contributed by atoms with E-state index >= 15 is 0 Å². The van der Waals surface area contributed by atoms with E-state index < -0.39 is 0 Å². The van der Waals surface area contributed by atoms with Crippen LogP contribution in [0.3, 0.4) is 0 Å². The first kappa shape index (κ1) is 9.72. The summed E-state index contributed by atoms with van der Waals surface area (Å²) in [6, 6.07) is 0. The van der Waals surface area contributed by atoms with Gasteiger partial charge >= 0.3 is 0 Å². The second kappa shape index (κ2) is 4.61. The smallest absolute Gasteiger partial charge is 0.143 e. The number of carbonyl (C=O) groups is 1.